The molecule has 2 N–H and O–H groups in total. The van der Waals surface area contributed by atoms with Gasteiger partial charge in [-0.2, -0.15) is 0 Å². The number of carbonyl (C=O) groups is 3. The molecule has 1 saturated carbocycles. The minimum absolute atomic E-state index is 0.0406. The van der Waals surface area contributed by atoms with Crippen LogP contribution < -0.4 is 5.32 Å². The van der Waals surface area contributed by atoms with Crippen molar-refractivity contribution >= 4 is 17.8 Å². The molecule has 298 valence electrons. The Morgan fingerprint density at radius 1 is 1.02 bits per heavy atom. The lowest BCUT2D eigenvalue weighted by Crippen LogP contribution is -2.65. The molecule has 1 unspecified atom stereocenters. The van der Waals surface area contributed by atoms with E-state index in [1.807, 2.05) is 39.6 Å². The maximum absolute atomic E-state index is 14.3. The molecule has 4 saturated heterocycles. The monoisotopic (exact) mass is 737 g/mol. The average molecular weight is 738 g/mol. The Hall–Kier alpha value is -1.87. The molecule has 2 bridgehead atoms. The quantitative estimate of drug-likeness (QED) is 0.400. The summed E-state index contributed by atoms with van der Waals surface area (Å²) in [6.07, 6.45) is 0.758. The highest BCUT2D eigenvalue weighted by Crippen LogP contribution is 2.48. The van der Waals surface area contributed by atoms with E-state index in [-0.39, 0.29) is 54.2 Å². The van der Waals surface area contributed by atoms with E-state index in [0.29, 0.717) is 25.8 Å². The lowest BCUT2D eigenvalue weighted by atomic mass is 9.69. The smallest absolute Gasteiger partial charge is 0.303 e. The number of methoxy groups -OCH3 is 1. The Morgan fingerprint density at radius 3 is 2.38 bits per heavy atom. The number of hydrogen-bond donors (Lipinski definition) is 2. The molecule has 5 rings (SSSR count). The predicted molar refractivity (Wildman–Crippen MR) is 193 cm³/mol. The third-order valence-corrected chi connectivity index (χ3v) is 12.8. The molecule has 0 aromatic heterocycles. The van der Waals surface area contributed by atoms with Gasteiger partial charge in [0, 0.05) is 63.9 Å². The summed E-state index contributed by atoms with van der Waals surface area (Å²) in [5.41, 5.74) is -2.24. The number of carbonyl (C=O) groups excluding carboxylic acids is 3. The van der Waals surface area contributed by atoms with E-state index in [2.05, 4.69) is 38.2 Å². The summed E-state index contributed by atoms with van der Waals surface area (Å²) in [5, 5.41) is 16.3. The Balaban J connectivity index is 1.54. The molecular weight excluding hydrogens is 670 g/mol. The zero-order valence-electron chi connectivity index (χ0n) is 33.5. The van der Waals surface area contributed by atoms with Gasteiger partial charge in [-0.1, -0.05) is 27.2 Å². The lowest BCUT2D eigenvalue weighted by molar-refractivity contribution is -0.338. The molecule has 0 radical (unpaired) electrons. The van der Waals surface area contributed by atoms with Crippen LogP contribution in [0.25, 0.3) is 0 Å². The molecule has 2 amide bonds. The summed E-state index contributed by atoms with van der Waals surface area (Å²) in [6.45, 7) is 13.5. The topological polar surface area (TPSA) is 145 Å². The summed E-state index contributed by atoms with van der Waals surface area (Å²) in [4.78, 5) is 44.0. The minimum atomic E-state index is -1.32. The highest BCUT2D eigenvalue weighted by molar-refractivity contribution is 5.80. The van der Waals surface area contributed by atoms with Crippen LogP contribution in [0.4, 0.5) is 0 Å². The highest BCUT2D eigenvalue weighted by Gasteiger charge is 2.57. The number of amides is 2. The summed E-state index contributed by atoms with van der Waals surface area (Å²) >= 11 is 0. The van der Waals surface area contributed by atoms with Crippen molar-refractivity contribution in [3.05, 3.63) is 0 Å². The molecule has 0 aromatic rings. The van der Waals surface area contributed by atoms with Crippen LogP contribution >= 0.6 is 0 Å². The maximum Gasteiger partial charge on any atom is 0.303 e. The molecule has 4 heterocycles. The first-order valence-electron chi connectivity index (χ1n) is 19.6. The first-order valence-corrected chi connectivity index (χ1v) is 19.6. The van der Waals surface area contributed by atoms with Gasteiger partial charge in [-0.05, 0) is 79.3 Å². The van der Waals surface area contributed by atoms with Crippen LogP contribution in [-0.2, 0) is 42.8 Å². The molecule has 13 heteroatoms. The second-order valence-corrected chi connectivity index (χ2v) is 17.5. The predicted octanol–water partition coefficient (Wildman–Crippen LogP) is 3.49. The molecule has 16 atom stereocenters. The molecule has 13 nitrogen and oxygen atoms in total. The number of fused-ring (bicyclic) bond motifs is 4. The number of ether oxygens (including phenoxy) is 6. The lowest BCUT2D eigenvalue weighted by Gasteiger charge is -2.56. The Kier molecular flexibility index (Phi) is 13.1. The van der Waals surface area contributed by atoms with Crippen molar-refractivity contribution in [3.63, 3.8) is 0 Å². The number of hydrogen-bond acceptors (Lipinski definition) is 11. The Bertz CT molecular complexity index is 1270. The number of nitrogens with one attached hydrogen (secondary N) is 1. The third-order valence-electron chi connectivity index (χ3n) is 12.8. The Labute approximate surface area is 311 Å². The zero-order valence-corrected chi connectivity index (χ0v) is 33.5. The van der Waals surface area contributed by atoms with Crippen molar-refractivity contribution < 1.29 is 47.9 Å². The van der Waals surface area contributed by atoms with E-state index in [1.165, 1.54) is 6.92 Å². The van der Waals surface area contributed by atoms with Crippen LogP contribution in [0.15, 0.2) is 0 Å². The van der Waals surface area contributed by atoms with Crippen LogP contribution in [0, 0.1) is 29.6 Å². The molecule has 5 aliphatic rings. The van der Waals surface area contributed by atoms with Gasteiger partial charge in [0.1, 0.15) is 5.60 Å². The normalized spacial score (nSPS) is 46.7. The fourth-order valence-corrected chi connectivity index (χ4v) is 10.2. The van der Waals surface area contributed by atoms with Gasteiger partial charge < -0.3 is 48.6 Å². The van der Waals surface area contributed by atoms with E-state index < -0.39 is 66.0 Å². The first-order chi connectivity index (χ1) is 24.3. The van der Waals surface area contributed by atoms with Gasteiger partial charge in [-0.15, -0.1) is 0 Å². The van der Waals surface area contributed by atoms with Crippen LogP contribution in [0.5, 0.6) is 0 Å². The van der Waals surface area contributed by atoms with Crippen molar-refractivity contribution in [1.82, 2.24) is 15.1 Å². The zero-order chi connectivity index (χ0) is 38.3. The molecule has 5 fully saturated rings. The van der Waals surface area contributed by atoms with Crippen LogP contribution in [0.2, 0.25) is 0 Å². The second-order valence-electron chi connectivity index (χ2n) is 17.5. The average Bonchev–Trinajstić information content (AvgIpc) is 3.06. The number of esters is 1. The molecular formula is C39H67N3O10. The van der Waals surface area contributed by atoms with Gasteiger partial charge in [0.2, 0.25) is 11.8 Å². The fourth-order valence-electron chi connectivity index (χ4n) is 10.2. The van der Waals surface area contributed by atoms with Crippen molar-refractivity contribution in [2.75, 3.05) is 34.8 Å². The Morgan fingerprint density at radius 2 is 1.73 bits per heavy atom. The largest absolute Gasteiger partial charge is 0.457 e. The van der Waals surface area contributed by atoms with Crippen molar-refractivity contribution in [3.8, 4) is 0 Å². The van der Waals surface area contributed by atoms with E-state index in [1.54, 1.807) is 7.11 Å². The third kappa shape index (κ3) is 8.81. The highest BCUT2D eigenvalue weighted by atomic mass is 16.7. The van der Waals surface area contributed by atoms with E-state index >= 15 is 0 Å². The standard InChI is InChI=1S/C39H67N3O10/c1-21-17-39(46)18-29-30(41(8)9)15-22(2)48-37(29)52-33(39)23(3)32(51-31-19-38(7,47-11)34(25(5)49-31)50-26(6)43)24(4)35(44)40-28-14-12-13-27(16-28)36(45)42(10)20-21/h21-25,27-34,37,46H,12-20H2,1-11H3,(H,40,44)/t21-,22-,23+,24-,25+,27?,28+,29-,30+,31+,32+,33-,34+,37+,38-,39+/m1/s1. The van der Waals surface area contributed by atoms with Gasteiger partial charge in [0.05, 0.1) is 35.9 Å². The SMILES string of the molecule is CO[C@]1(C)C[C@H](O[C@H]2[C@H](C)[C@H]3O[C@@H]4O[C@H](C)C[C@H](N(C)C)[C@H]4C[C@@]3(O)C[C@@H](C)CN(C)C(=O)C3CCC[C@@H](C3)NC(=O)[C@@H]2C)O[C@@H](C)[C@@H]1OC(C)=O. The molecule has 1 aliphatic carbocycles. The molecule has 0 spiro atoms. The van der Waals surface area contributed by atoms with E-state index in [4.69, 9.17) is 28.4 Å². The van der Waals surface area contributed by atoms with Gasteiger partial charge in [0.25, 0.3) is 0 Å². The maximum atomic E-state index is 14.3. The number of aliphatic hydroxyl groups is 1. The van der Waals surface area contributed by atoms with Crippen LogP contribution in [-0.4, -0.2) is 134 Å². The number of rotatable bonds is 5. The van der Waals surface area contributed by atoms with E-state index in [0.717, 1.165) is 25.7 Å². The van der Waals surface area contributed by atoms with Gasteiger partial charge in [0.15, 0.2) is 18.7 Å². The summed E-state index contributed by atoms with van der Waals surface area (Å²) < 4.78 is 38.3. The van der Waals surface area contributed by atoms with Gasteiger partial charge in [-0.3, -0.25) is 14.4 Å². The van der Waals surface area contributed by atoms with Gasteiger partial charge >= 0.3 is 5.97 Å². The second kappa shape index (κ2) is 16.5. The minimum Gasteiger partial charge on any atom is -0.457 e. The van der Waals surface area contributed by atoms with Gasteiger partial charge in [-0.25, -0.2) is 0 Å². The van der Waals surface area contributed by atoms with E-state index in [9.17, 15) is 19.5 Å². The van der Waals surface area contributed by atoms with Crippen molar-refractivity contribution in [1.29, 1.82) is 0 Å². The van der Waals surface area contributed by atoms with Crippen LogP contribution in [0.1, 0.15) is 99.8 Å². The molecule has 0 aromatic carbocycles. The summed E-state index contributed by atoms with van der Waals surface area (Å²) in [5.74, 6) is -2.01. The molecule has 4 aliphatic heterocycles. The fraction of sp³-hybridized carbons (Fsp3) is 0.923. The molecule has 52 heavy (non-hydrogen) atoms. The number of nitrogens with zero attached hydrogens (tertiary/aromatic N) is 2. The summed E-state index contributed by atoms with van der Waals surface area (Å²) in [6, 6.07) is -0.00393. The van der Waals surface area contributed by atoms with Crippen LogP contribution in [0.3, 0.4) is 0 Å². The van der Waals surface area contributed by atoms with Crippen molar-refractivity contribution in [2.45, 2.75) is 166 Å². The van der Waals surface area contributed by atoms with Crippen molar-refractivity contribution in [2.24, 2.45) is 29.6 Å². The first kappa shape index (κ1) is 41.3. The summed E-state index contributed by atoms with van der Waals surface area (Å²) in [7, 11) is 7.55.